The molecular weight excluding hydrogens is 360 g/mol. The number of aryl methyl sites for hydroxylation is 2. The summed E-state index contributed by atoms with van der Waals surface area (Å²) in [6.07, 6.45) is 0. The van der Waals surface area contributed by atoms with Crippen LogP contribution >= 0.6 is 11.8 Å². The van der Waals surface area contributed by atoms with Gasteiger partial charge < -0.3 is 8.83 Å². The van der Waals surface area contributed by atoms with Crippen molar-refractivity contribution in [3.8, 4) is 22.9 Å². The van der Waals surface area contributed by atoms with Gasteiger partial charge in [-0.1, -0.05) is 47.7 Å². The van der Waals surface area contributed by atoms with Crippen molar-refractivity contribution in [2.24, 2.45) is 0 Å². The van der Waals surface area contributed by atoms with Crippen molar-refractivity contribution >= 4 is 11.8 Å². The van der Waals surface area contributed by atoms with Crippen LogP contribution < -0.4 is 0 Å². The molecule has 4 aromatic rings. The molecule has 7 heteroatoms. The smallest absolute Gasteiger partial charge is 0.277 e. The number of rotatable bonds is 5. The van der Waals surface area contributed by atoms with Crippen LogP contribution in [0.25, 0.3) is 22.9 Å². The van der Waals surface area contributed by atoms with E-state index in [4.69, 9.17) is 8.83 Å². The minimum Gasteiger partial charge on any atom is -0.419 e. The van der Waals surface area contributed by atoms with Crippen molar-refractivity contribution in [3.63, 3.8) is 0 Å². The van der Waals surface area contributed by atoms with Gasteiger partial charge in [-0.3, -0.25) is 0 Å². The number of hydrogen-bond acceptors (Lipinski definition) is 7. The summed E-state index contributed by atoms with van der Waals surface area (Å²) in [7, 11) is 0. The Hall–Kier alpha value is -2.93. The molecule has 0 N–H and O–H groups in total. The Labute approximate surface area is 161 Å². The van der Waals surface area contributed by atoms with E-state index >= 15 is 0 Å². The minimum atomic E-state index is -0.109. The summed E-state index contributed by atoms with van der Waals surface area (Å²) in [4.78, 5) is 0. The Bertz CT molecular complexity index is 1060. The van der Waals surface area contributed by atoms with E-state index in [0.717, 1.165) is 16.7 Å². The highest BCUT2D eigenvalue weighted by atomic mass is 32.2. The molecule has 0 spiro atoms. The third-order valence-corrected chi connectivity index (χ3v) is 5.07. The molecule has 0 amide bonds. The highest BCUT2D eigenvalue weighted by Crippen LogP contribution is 2.35. The third kappa shape index (κ3) is 3.78. The molecule has 0 bridgehead atoms. The summed E-state index contributed by atoms with van der Waals surface area (Å²) in [6.45, 7) is 6.02. The zero-order chi connectivity index (χ0) is 18.8. The molecule has 27 heavy (non-hydrogen) atoms. The number of thioether (sulfide) groups is 1. The van der Waals surface area contributed by atoms with Crippen molar-refractivity contribution in [3.05, 3.63) is 65.5 Å². The first-order valence-electron chi connectivity index (χ1n) is 8.57. The summed E-state index contributed by atoms with van der Waals surface area (Å²) < 4.78 is 11.6. The summed E-state index contributed by atoms with van der Waals surface area (Å²) in [5.41, 5.74) is 4.11. The molecule has 0 fully saturated rings. The third-order valence-electron chi connectivity index (χ3n) is 4.15. The largest absolute Gasteiger partial charge is 0.419 e. The van der Waals surface area contributed by atoms with Crippen molar-refractivity contribution in [1.29, 1.82) is 0 Å². The number of aromatic nitrogens is 4. The summed E-state index contributed by atoms with van der Waals surface area (Å²) >= 11 is 1.39. The Kier molecular flexibility index (Phi) is 4.77. The molecular formula is C20H18N4O2S. The number of nitrogens with zero attached hydrogens (tertiary/aromatic N) is 4. The van der Waals surface area contributed by atoms with Crippen molar-refractivity contribution in [2.45, 2.75) is 31.2 Å². The van der Waals surface area contributed by atoms with E-state index in [9.17, 15) is 0 Å². The number of benzene rings is 2. The van der Waals surface area contributed by atoms with Gasteiger partial charge in [0.25, 0.3) is 5.22 Å². The molecule has 0 saturated carbocycles. The van der Waals surface area contributed by atoms with Crippen LogP contribution in [0.3, 0.4) is 0 Å². The minimum absolute atomic E-state index is 0.109. The van der Waals surface area contributed by atoms with Crippen LogP contribution in [-0.2, 0) is 0 Å². The predicted molar refractivity (Wildman–Crippen MR) is 103 cm³/mol. The lowest BCUT2D eigenvalue weighted by Gasteiger charge is -2.02. The average molecular weight is 378 g/mol. The molecule has 0 aliphatic rings. The van der Waals surface area contributed by atoms with Crippen LogP contribution in [0.1, 0.15) is 29.2 Å². The quantitative estimate of drug-likeness (QED) is 0.438. The fourth-order valence-electron chi connectivity index (χ4n) is 2.59. The molecule has 6 nitrogen and oxygen atoms in total. The van der Waals surface area contributed by atoms with Gasteiger partial charge in [0.15, 0.2) is 0 Å². The maximum Gasteiger partial charge on any atom is 0.277 e. The Morgan fingerprint density at radius 2 is 1.56 bits per heavy atom. The van der Waals surface area contributed by atoms with E-state index in [0.29, 0.717) is 22.9 Å². The normalized spacial score (nSPS) is 12.3. The van der Waals surface area contributed by atoms with E-state index in [2.05, 4.69) is 20.4 Å². The van der Waals surface area contributed by atoms with Gasteiger partial charge in [0.2, 0.25) is 17.7 Å². The Balaban J connectivity index is 1.49. The zero-order valence-electron chi connectivity index (χ0n) is 15.2. The molecule has 0 saturated heterocycles. The highest BCUT2D eigenvalue weighted by molar-refractivity contribution is 7.99. The van der Waals surface area contributed by atoms with Crippen molar-refractivity contribution in [2.75, 3.05) is 0 Å². The van der Waals surface area contributed by atoms with Gasteiger partial charge in [-0.05, 0) is 44.5 Å². The van der Waals surface area contributed by atoms with Gasteiger partial charge in [-0.2, -0.15) is 0 Å². The fraction of sp³-hybridized carbons (Fsp3) is 0.200. The maximum absolute atomic E-state index is 5.82. The van der Waals surface area contributed by atoms with E-state index < -0.39 is 0 Å². The van der Waals surface area contributed by atoms with Crippen LogP contribution in [0, 0.1) is 13.8 Å². The van der Waals surface area contributed by atoms with Gasteiger partial charge >= 0.3 is 0 Å². The van der Waals surface area contributed by atoms with E-state index in [1.807, 2.05) is 69.3 Å². The summed E-state index contributed by atoms with van der Waals surface area (Å²) in [5, 5.41) is 16.9. The van der Waals surface area contributed by atoms with Gasteiger partial charge in [0, 0.05) is 11.1 Å². The molecule has 136 valence electrons. The van der Waals surface area contributed by atoms with E-state index in [1.54, 1.807) is 0 Å². The van der Waals surface area contributed by atoms with E-state index in [-0.39, 0.29) is 5.25 Å². The van der Waals surface area contributed by atoms with Gasteiger partial charge in [-0.15, -0.1) is 20.4 Å². The van der Waals surface area contributed by atoms with Crippen LogP contribution in [-0.4, -0.2) is 20.4 Å². The molecule has 2 aromatic heterocycles. The van der Waals surface area contributed by atoms with Gasteiger partial charge in [0.05, 0.1) is 5.25 Å². The van der Waals surface area contributed by atoms with Crippen molar-refractivity contribution in [1.82, 2.24) is 20.4 Å². The topological polar surface area (TPSA) is 77.8 Å². The maximum atomic E-state index is 5.82. The lowest BCUT2D eigenvalue weighted by atomic mass is 10.1. The highest BCUT2D eigenvalue weighted by Gasteiger charge is 2.20. The van der Waals surface area contributed by atoms with Crippen LogP contribution in [0.2, 0.25) is 0 Å². The summed E-state index contributed by atoms with van der Waals surface area (Å²) in [6, 6.07) is 15.9. The van der Waals surface area contributed by atoms with Gasteiger partial charge in [0.1, 0.15) is 0 Å². The van der Waals surface area contributed by atoms with Crippen LogP contribution in [0.5, 0.6) is 0 Å². The first-order chi connectivity index (χ1) is 13.1. The Morgan fingerprint density at radius 1 is 0.815 bits per heavy atom. The molecule has 0 radical (unpaired) electrons. The van der Waals surface area contributed by atoms with Crippen LogP contribution in [0.15, 0.2) is 62.6 Å². The molecule has 0 aliphatic carbocycles. The van der Waals surface area contributed by atoms with E-state index in [1.165, 1.54) is 17.3 Å². The Morgan fingerprint density at radius 3 is 2.33 bits per heavy atom. The van der Waals surface area contributed by atoms with Gasteiger partial charge in [-0.25, -0.2) is 0 Å². The first kappa shape index (κ1) is 17.5. The zero-order valence-corrected chi connectivity index (χ0v) is 16.0. The second-order valence-corrected chi connectivity index (χ2v) is 7.55. The number of hydrogen-bond donors (Lipinski definition) is 0. The molecule has 2 aromatic carbocycles. The molecule has 4 rings (SSSR count). The average Bonchev–Trinajstić information content (AvgIpc) is 3.33. The molecule has 1 atom stereocenters. The molecule has 2 heterocycles. The second kappa shape index (κ2) is 7.36. The lowest BCUT2D eigenvalue weighted by Crippen LogP contribution is -1.88. The van der Waals surface area contributed by atoms with Crippen LogP contribution in [0.4, 0.5) is 0 Å². The summed E-state index contributed by atoms with van der Waals surface area (Å²) in [5.74, 6) is 1.53. The van der Waals surface area contributed by atoms with Crippen molar-refractivity contribution < 1.29 is 8.83 Å². The fourth-order valence-corrected chi connectivity index (χ4v) is 3.31. The second-order valence-electron chi connectivity index (χ2n) is 6.26. The molecule has 0 aliphatic heterocycles. The SMILES string of the molecule is Cc1ccc(-c2nnc(C(C)Sc3nnc(-c4ccccc4C)o3)o2)cc1. The predicted octanol–water partition coefficient (Wildman–Crippen LogP) is 5.26. The lowest BCUT2D eigenvalue weighted by molar-refractivity contribution is 0.461. The first-order valence-corrected chi connectivity index (χ1v) is 9.45. The monoisotopic (exact) mass is 378 g/mol. The standard InChI is InChI=1S/C20H18N4O2S/c1-12-8-10-15(11-9-12)18-22-21-17(25-18)14(3)27-20-24-23-19(26-20)16-7-5-4-6-13(16)2/h4-11,14H,1-3H3. The molecule has 1 unspecified atom stereocenters.